The molecule has 0 unspecified atom stereocenters. The number of carbonyl (C=O) groups is 1. The largest absolute Gasteiger partial charge is 0.490 e. The van der Waals surface area contributed by atoms with Gasteiger partial charge in [-0.1, -0.05) is 238 Å². The van der Waals surface area contributed by atoms with E-state index in [4.69, 9.17) is 19.3 Å². The van der Waals surface area contributed by atoms with Gasteiger partial charge in [-0.25, -0.2) is 4.68 Å². The Balaban J connectivity index is 2.03. The Hall–Kier alpha value is -2.77. The van der Waals surface area contributed by atoms with E-state index in [2.05, 4.69) is 49.4 Å². The Labute approximate surface area is 394 Å². The Morgan fingerprint density at radius 1 is 0.469 bits per heavy atom. The van der Waals surface area contributed by atoms with Crippen LogP contribution in [0.5, 0.6) is 17.2 Å². The number of carboxylic acids is 1. The van der Waals surface area contributed by atoms with E-state index >= 15 is 0 Å². The maximum Gasteiger partial charge on any atom is 0.303 e. The predicted molar refractivity (Wildman–Crippen MR) is 270 cm³/mol. The van der Waals surface area contributed by atoms with Gasteiger partial charge in [-0.3, -0.25) is 4.79 Å². The van der Waals surface area contributed by atoms with Gasteiger partial charge in [0.15, 0.2) is 11.5 Å². The highest BCUT2D eigenvalue weighted by Crippen LogP contribution is 2.40. The molecular formula is C56H101N3O5. The Morgan fingerprint density at radius 3 is 1.20 bits per heavy atom. The molecule has 0 saturated carbocycles. The summed E-state index contributed by atoms with van der Waals surface area (Å²) in [6.45, 7) is 9.52. The van der Waals surface area contributed by atoms with Crippen molar-refractivity contribution in [3.63, 3.8) is 0 Å². The predicted octanol–water partition coefficient (Wildman–Crippen LogP) is 17.4. The first-order chi connectivity index (χ1) is 31.6. The molecule has 8 nitrogen and oxygen atoms in total. The van der Waals surface area contributed by atoms with E-state index in [1.807, 2.05) is 4.68 Å². The maximum atomic E-state index is 10.7. The summed E-state index contributed by atoms with van der Waals surface area (Å²) in [4.78, 5) is 10.7. The molecule has 2 rings (SSSR count). The molecule has 0 amide bonds. The van der Waals surface area contributed by atoms with E-state index in [0.29, 0.717) is 32.8 Å². The molecule has 1 aromatic heterocycles. The van der Waals surface area contributed by atoms with Crippen LogP contribution in [-0.4, -0.2) is 45.9 Å². The van der Waals surface area contributed by atoms with Crippen LogP contribution in [0.25, 0.3) is 0 Å². The van der Waals surface area contributed by atoms with Gasteiger partial charge >= 0.3 is 5.97 Å². The van der Waals surface area contributed by atoms with Crippen LogP contribution < -0.4 is 14.2 Å². The number of hydrogen-bond donors (Lipinski definition) is 1. The second kappa shape index (κ2) is 42.8. The van der Waals surface area contributed by atoms with E-state index in [1.165, 1.54) is 199 Å². The van der Waals surface area contributed by atoms with Crippen LogP contribution >= 0.6 is 0 Å². The zero-order valence-electron chi connectivity index (χ0n) is 42.3. The van der Waals surface area contributed by atoms with Gasteiger partial charge < -0.3 is 19.3 Å². The summed E-state index contributed by atoms with van der Waals surface area (Å²) in [5.74, 6) is 1.71. The normalized spacial score (nSPS) is 11.4. The van der Waals surface area contributed by atoms with Crippen LogP contribution in [0, 0.1) is 0 Å². The Morgan fingerprint density at radius 2 is 0.812 bits per heavy atom. The number of ether oxygens (including phenoxy) is 3. The second-order valence-electron chi connectivity index (χ2n) is 19.1. The third-order valence-electron chi connectivity index (χ3n) is 12.8. The summed E-state index contributed by atoms with van der Waals surface area (Å²) in [5.41, 5.74) is 2.14. The monoisotopic (exact) mass is 896 g/mol. The minimum Gasteiger partial charge on any atom is -0.490 e. The van der Waals surface area contributed by atoms with Crippen molar-refractivity contribution in [1.29, 1.82) is 0 Å². The maximum absolute atomic E-state index is 10.7. The molecule has 8 heteroatoms. The van der Waals surface area contributed by atoms with Gasteiger partial charge in [0.05, 0.1) is 32.1 Å². The number of nitrogens with zero attached hydrogens (tertiary/aromatic N) is 3. The topological polar surface area (TPSA) is 95.7 Å². The zero-order valence-corrected chi connectivity index (χ0v) is 42.3. The van der Waals surface area contributed by atoms with Crippen LogP contribution in [0.1, 0.15) is 282 Å². The summed E-state index contributed by atoms with van der Waals surface area (Å²) in [5, 5.41) is 17.9. The lowest BCUT2D eigenvalue weighted by molar-refractivity contribution is -0.137. The number of rotatable bonds is 49. The van der Waals surface area contributed by atoms with E-state index in [-0.39, 0.29) is 0 Å². The third kappa shape index (κ3) is 32.8. The van der Waals surface area contributed by atoms with Gasteiger partial charge in [-0.15, -0.1) is 5.10 Å². The number of unbranched alkanes of at least 4 members (excludes halogenated alkanes) is 34. The summed E-state index contributed by atoms with van der Waals surface area (Å²) in [6, 6.07) is 4.33. The quantitative estimate of drug-likeness (QED) is 0.0661. The number of carboxylic acid groups (broad SMARTS) is 1. The van der Waals surface area contributed by atoms with Crippen molar-refractivity contribution in [2.75, 3.05) is 19.8 Å². The van der Waals surface area contributed by atoms with Crippen molar-refractivity contribution >= 4 is 5.97 Å². The minimum atomic E-state index is -0.684. The third-order valence-corrected chi connectivity index (χ3v) is 12.8. The minimum absolute atomic E-state index is 0.294. The molecule has 64 heavy (non-hydrogen) atoms. The van der Waals surface area contributed by atoms with Crippen molar-refractivity contribution in [2.24, 2.45) is 0 Å². The van der Waals surface area contributed by atoms with Crippen LogP contribution in [0.2, 0.25) is 0 Å². The van der Waals surface area contributed by atoms with Gasteiger partial charge in [-0.05, 0) is 56.2 Å². The van der Waals surface area contributed by atoms with Gasteiger partial charge in [-0.2, -0.15) is 0 Å². The van der Waals surface area contributed by atoms with Crippen LogP contribution in [0.3, 0.4) is 0 Å². The first kappa shape index (κ1) is 57.4. The summed E-state index contributed by atoms with van der Waals surface area (Å²) in [6.07, 6.45) is 51.3. The SMILES string of the molecule is CCCCCCCCCCCCOc1cc(Cn2cc(CCCCCCCCCCC(=O)O)nn2)cc(OCCCCCCCCCCCC)c1OCCCCCCCCCCCC. The molecule has 1 aromatic carbocycles. The van der Waals surface area contributed by atoms with E-state index in [0.717, 1.165) is 79.9 Å². The standard InChI is InChI=1S/C56H101N3O5/c1-4-7-10-13-16-19-24-29-34-39-44-62-53-47-51(49-59-50-52(57-58-59)42-37-32-27-22-23-28-33-38-43-55(60)61)48-54(63-45-40-35-30-25-20-17-14-11-8-5-2)56(53)64-46-41-36-31-26-21-18-15-12-9-6-3/h47-48,50H,4-46,49H2,1-3H3,(H,60,61). The van der Waals surface area contributed by atoms with Crippen molar-refractivity contribution in [1.82, 2.24) is 15.0 Å². The molecular weight excluding hydrogens is 795 g/mol. The summed E-state index contributed by atoms with van der Waals surface area (Å²) in [7, 11) is 0. The van der Waals surface area contributed by atoms with Gasteiger partial charge in [0.1, 0.15) is 0 Å². The number of aromatic nitrogens is 3. The summed E-state index contributed by atoms with van der Waals surface area (Å²) < 4.78 is 21.9. The molecule has 2 aromatic rings. The molecule has 1 N–H and O–H groups in total. The van der Waals surface area contributed by atoms with Crippen molar-refractivity contribution in [3.8, 4) is 17.2 Å². The Kier molecular flexibility index (Phi) is 38.4. The van der Waals surface area contributed by atoms with E-state index < -0.39 is 5.97 Å². The first-order valence-electron chi connectivity index (χ1n) is 27.7. The van der Waals surface area contributed by atoms with Crippen LogP contribution in [0.15, 0.2) is 18.3 Å². The van der Waals surface area contributed by atoms with Crippen LogP contribution in [-0.2, 0) is 17.8 Å². The molecule has 0 radical (unpaired) electrons. The molecule has 0 fully saturated rings. The fourth-order valence-corrected chi connectivity index (χ4v) is 8.75. The molecule has 0 bridgehead atoms. The molecule has 1 heterocycles. The lowest BCUT2D eigenvalue weighted by atomic mass is 10.1. The number of aryl methyl sites for hydroxylation is 1. The number of aliphatic carboxylic acids is 1. The zero-order chi connectivity index (χ0) is 45.8. The lowest BCUT2D eigenvalue weighted by Gasteiger charge is -2.19. The molecule has 0 saturated heterocycles. The second-order valence-corrected chi connectivity index (χ2v) is 19.1. The molecule has 0 atom stereocenters. The van der Waals surface area contributed by atoms with E-state index in [1.54, 1.807) is 0 Å². The van der Waals surface area contributed by atoms with Gasteiger partial charge in [0.25, 0.3) is 0 Å². The molecule has 0 spiro atoms. The fraction of sp³-hybridized carbons (Fsp3) is 0.839. The number of hydrogen-bond acceptors (Lipinski definition) is 6. The molecule has 0 aliphatic heterocycles. The summed E-state index contributed by atoms with van der Waals surface area (Å²) >= 11 is 0. The first-order valence-corrected chi connectivity index (χ1v) is 27.7. The number of benzene rings is 1. The van der Waals surface area contributed by atoms with Gasteiger partial charge in [0, 0.05) is 12.6 Å². The molecule has 370 valence electrons. The Bertz CT molecular complexity index is 1280. The smallest absolute Gasteiger partial charge is 0.303 e. The highest BCUT2D eigenvalue weighted by atomic mass is 16.5. The molecule has 0 aliphatic carbocycles. The average Bonchev–Trinajstić information content (AvgIpc) is 3.74. The van der Waals surface area contributed by atoms with Crippen LogP contribution in [0.4, 0.5) is 0 Å². The lowest BCUT2D eigenvalue weighted by Crippen LogP contribution is -2.08. The average molecular weight is 896 g/mol. The van der Waals surface area contributed by atoms with Crippen molar-refractivity contribution in [2.45, 2.75) is 284 Å². The van der Waals surface area contributed by atoms with Gasteiger partial charge in [0.2, 0.25) is 5.75 Å². The highest BCUT2D eigenvalue weighted by molar-refractivity contribution is 5.66. The van der Waals surface area contributed by atoms with Crippen molar-refractivity contribution < 1.29 is 24.1 Å². The van der Waals surface area contributed by atoms with Crippen molar-refractivity contribution in [3.05, 3.63) is 29.6 Å². The highest BCUT2D eigenvalue weighted by Gasteiger charge is 2.17. The molecule has 0 aliphatic rings. The van der Waals surface area contributed by atoms with E-state index in [9.17, 15) is 4.79 Å². The fourth-order valence-electron chi connectivity index (χ4n) is 8.75.